The lowest BCUT2D eigenvalue weighted by Crippen LogP contribution is -2.21. The van der Waals surface area contributed by atoms with E-state index in [1.54, 1.807) is 9.42 Å². The summed E-state index contributed by atoms with van der Waals surface area (Å²) in [5.74, 6) is 0. The second-order valence-corrected chi connectivity index (χ2v) is 6.02. The van der Waals surface area contributed by atoms with Crippen molar-refractivity contribution in [2.24, 2.45) is 5.10 Å². The van der Waals surface area contributed by atoms with E-state index in [1.165, 1.54) is 12.7 Å². The highest BCUT2D eigenvalue weighted by Gasteiger charge is 2.17. The van der Waals surface area contributed by atoms with Crippen molar-refractivity contribution in [1.29, 1.82) is 0 Å². The fraction of sp³-hybridized carbons (Fsp3) is 0.176. The first-order valence-electron chi connectivity index (χ1n) is 7.96. The van der Waals surface area contributed by atoms with Gasteiger partial charge in [0.15, 0.2) is 16.8 Å². The summed E-state index contributed by atoms with van der Waals surface area (Å²) < 4.78 is 2.68. The third-order valence-corrected chi connectivity index (χ3v) is 3.86. The van der Waals surface area contributed by atoms with Crippen LogP contribution in [-0.2, 0) is 0 Å². The van der Waals surface area contributed by atoms with E-state index in [9.17, 15) is 4.79 Å². The Kier molecular flexibility index (Phi) is 3.68. The summed E-state index contributed by atoms with van der Waals surface area (Å²) in [6.07, 6.45) is 2.86. The minimum atomic E-state index is -0.406. The predicted octanol–water partition coefficient (Wildman–Crippen LogP) is 1.16. The van der Waals surface area contributed by atoms with Crippen molar-refractivity contribution in [3.05, 3.63) is 52.7 Å². The van der Waals surface area contributed by atoms with Gasteiger partial charge in [-0.05, 0) is 12.5 Å². The normalized spacial score (nSPS) is 11.7. The molecule has 0 saturated carbocycles. The van der Waals surface area contributed by atoms with Gasteiger partial charge < -0.3 is 4.90 Å². The number of aryl methyl sites for hydroxylation is 1. The molecule has 0 aliphatic heterocycles. The third kappa shape index (κ3) is 2.50. The zero-order valence-corrected chi connectivity index (χ0v) is 14.5. The van der Waals surface area contributed by atoms with Crippen molar-refractivity contribution in [3.8, 4) is 11.1 Å². The molecule has 0 atom stereocenters. The smallest absolute Gasteiger partial charge is 0.304 e. The first kappa shape index (κ1) is 15.9. The molecule has 0 amide bonds. The van der Waals surface area contributed by atoms with Gasteiger partial charge in [0.05, 0.1) is 11.3 Å². The molecule has 0 radical (unpaired) electrons. The van der Waals surface area contributed by atoms with Crippen molar-refractivity contribution in [1.82, 2.24) is 34.4 Å². The van der Waals surface area contributed by atoms with Crippen molar-refractivity contribution in [2.45, 2.75) is 6.92 Å². The van der Waals surface area contributed by atoms with Gasteiger partial charge in [0.25, 0.3) is 0 Å². The van der Waals surface area contributed by atoms with E-state index < -0.39 is 5.56 Å². The Morgan fingerprint density at radius 1 is 1.12 bits per heavy atom. The fourth-order valence-corrected chi connectivity index (χ4v) is 2.71. The molecule has 0 spiro atoms. The quantitative estimate of drug-likeness (QED) is 0.407. The number of benzene rings is 1. The topological polar surface area (TPSA) is 93.6 Å². The molecule has 3 aromatic heterocycles. The van der Waals surface area contributed by atoms with Gasteiger partial charge in [-0.3, -0.25) is 4.79 Å². The van der Waals surface area contributed by atoms with Crippen LogP contribution in [0.1, 0.15) is 5.69 Å². The lowest BCUT2D eigenvalue weighted by molar-refractivity contribution is 0.628. The average molecular weight is 348 g/mol. The second kappa shape index (κ2) is 6.03. The number of hydrogen-bond donors (Lipinski definition) is 0. The highest BCUT2D eigenvalue weighted by molar-refractivity contribution is 5.83. The molecule has 0 saturated heterocycles. The van der Waals surface area contributed by atoms with Crippen LogP contribution in [0, 0.1) is 6.92 Å². The Morgan fingerprint density at radius 2 is 1.88 bits per heavy atom. The Hall–Kier alpha value is -3.62. The summed E-state index contributed by atoms with van der Waals surface area (Å²) in [5, 5.41) is 16.9. The maximum absolute atomic E-state index is 12.6. The van der Waals surface area contributed by atoms with Crippen LogP contribution >= 0.6 is 0 Å². The van der Waals surface area contributed by atoms with E-state index in [0.717, 1.165) is 21.5 Å². The highest BCUT2D eigenvalue weighted by Crippen LogP contribution is 2.27. The van der Waals surface area contributed by atoms with Crippen LogP contribution in [0.25, 0.3) is 27.9 Å². The number of fused-ring (bicyclic) bond motifs is 3. The maximum atomic E-state index is 12.6. The molecule has 9 heteroatoms. The van der Waals surface area contributed by atoms with Gasteiger partial charge in [0, 0.05) is 14.1 Å². The van der Waals surface area contributed by atoms with Gasteiger partial charge in [-0.25, -0.2) is 4.98 Å². The van der Waals surface area contributed by atoms with Gasteiger partial charge >= 0.3 is 5.56 Å². The maximum Gasteiger partial charge on any atom is 0.304 e. The zero-order chi connectivity index (χ0) is 18.3. The van der Waals surface area contributed by atoms with E-state index in [2.05, 4.69) is 25.4 Å². The van der Waals surface area contributed by atoms with Crippen LogP contribution in [0.15, 0.2) is 46.6 Å². The second-order valence-electron chi connectivity index (χ2n) is 6.02. The van der Waals surface area contributed by atoms with Gasteiger partial charge in [-0.2, -0.15) is 19.4 Å². The van der Waals surface area contributed by atoms with Crippen molar-refractivity contribution in [2.75, 3.05) is 14.1 Å². The SMILES string of the molecule is Cc1nn2c(nnc3c(=O)n(/N=C\N(C)C)cnc32)c1-c1ccccc1. The van der Waals surface area contributed by atoms with Gasteiger partial charge in [-0.1, -0.05) is 30.3 Å². The molecular formula is C17H16N8O. The van der Waals surface area contributed by atoms with E-state index in [4.69, 9.17) is 0 Å². The highest BCUT2D eigenvalue weighted by atomic mass is 16.1. The number of nitrogens with zero attached hydrogens (tertiary/aromatic N) is 8. The van der Waals surface area contributed by atoms with Gasteiger partial charge in [0.1, 0.15) is 12.7 Å². The molecule has 3 heterocycles. The van der Waals surface area contributed by atoms with E-state index in [-0.39, 0.29) is 5.52 Å². The molecular weight excluding hydrogens is 332 g/mol. The largest absolute Gasteiger partial charge is 0.367 e. The van der Waals surface area contributed by atoms with Crippen molar-refractivity contribution >= 4 is 23.1 Å². The van der Waals surface area contributed by atoms with Crippen LogP contribution < -0.4 is 5.56 Å². The minimum Gasteiger partial charge on any atom is -0.367 e. The zero-order valence-electron chi connectivity index (χ0n) is 14.5. The molecule has 0 bridgehead atoms. The molecule has 0 aliphatic carbocycles. The van der Waals surface area contributed by atoms with Crippen LogP contribution in [0.2, 0.25) is 0 Å². The van der Waals surface area contributed by atoms with Gasteiger partial charge in [0.2, 0.25) is 0 Å². The van der Waals surface area contributed by atoms with Crippen LogP contribution in [-0.4, -0.2) is 54.8 Å². The number of hydrogen-bond acceptors (Lipinski definition) is 6. The molecule has 0 unspecified atom stereocenters. The first-order chi connectivity index (χ1) is 12.6. The summed E-state index contributed by atoms with van der Waals surface area (Å²) in [4.78, 5) is 18.6. The first-order valence-corrected chi connectivity index (χ1v) is 7.96. The lowest BCUT2D eigenvalue weighted by atomic mass is 10.1. The monoisotopic (exact) mass is 348 g/mol. The number of aromatic nitrogens is 6. The Balaban J connectivity index is 1.97. The van der Waals surface area contributed by atoms with E-state index in [1.807, 2.05) is 51.4 Å². The Morgan fingerprint density at radius 3 is 2.62 bits per heavy atom. The minimum absolute atomic E-state index is 0.109. The molecule has 9 nitrogen and oxygen atoms in total. The molecule has 0 fully saturated rings. The summed E-state index contributed by atoms with van der Waals surface area (Å²) >= 11 is 0. The average Bonchev–Trinajstić information content (AvgIpc) is 2.98. The van der Waals surface area contributed by atoms with Crippen molar-refractivity contribution in [3.63, 3.8) is 0 Å². The van der Waals surface area contributed by atoms with E-state index >= 15 is 0 Å². The van der Waals surface area contributed by atoms with Crippen LogP contribution in [0.3, 0.4) is 0 Å². The van der Waals surface area contributed by atoms with Crippen LogP contribution in [0.5, 0.6) is 0 Å². The summed E-state index contributed by atoms with van der Waals surface area (Å²) in [5.41, 5.74) is 3.25. The Bertz CT molecular complexity index is 1190. The van der Waals surface area contributed by atoms with Crippen molar-refractivity contribution < 1.29 is 0 Å². The molecule has 4 aromatic rings. The molecule has 0 aliphatic rings. The van der Waals surface area contributed by atoms with Gasteiger partial charge in [-0.15, -0.1) is 10.2 Å². The summed E-state index contributed by atoms with van der Waals surface area (Å²) in [6.45, 7) is 1.89. The third-order valence-electron chi connectivity index (χ3n) is 3.86. The fourth-order valence-electron chi connectivity index (χ4n) is 2.71. The van der Waals surface area contributed by atoms with E-state index in [0.29, 0.717) is 11.3 Å². The lowest BCUT2D eigenvalue weighted by Gasteiger charge is -2.04. The summed E-state index contributed by atoms with van der Waals surface area (Å²) in [7, 11) is 3.62. The summed E-state index contributed by atoms with van der Waals surface area (Å²) in [6, 6.07) is 9.82. The Labute approximate surface area is 148 Å². The molecule has 130 valence electrons. The number of rotatable bonds is 3. The van der Waals surface area contributed by atoms with Crippen LogP contribution in [0.4, 0.5) is 0 Å². The molecule has 4 rings (SSSR count). The molecule has 26 heavy (non-hydrogen) atoms. The predicted molar refractivity (Wildman–Crippen MR) is 98.1 cm³/mol. The molecule has 1 aromatic carbocycles. The molecule has 0 N–H and O–H groups in total. The standard InChI is InChI=1S/C17H16N8O/c1-11-13(12-7-5-4-6-8-12)15-21-20-14-16(25(15)22-11)18-9-24(17(14)26)19-10-23(2)3/h4-10H,1-3H3/b19-10-.